The number of rotatable bonds is 9. The lowest BCUT2D eigenvalue weighted by molar-refractivity contribution is -0.136. The van der Waals surface area contributed by atoms with Gasteiger partial charge in [-0.3, -0.25) is 4.79 Å². The molecule has 0 aliphatic heterocycles. The molecule has 0 fully saturated rings. The maximum Gasteiger partial charge on any atom is 0.303 e. The molecule has 0 aliphatic rings. The maximum atomic E-state index is 10.8. The molecule has 0 saturated heterocycles. The standard InChI is InChI=1S/C19H21N3O3.H3N/c23-19(24)8-5-14-13-22-17-7-6-15(12-16(14)17)25-11-3-10-21-18-4-1-2-9-20-18;/h1-2,4,6-7,9,12-13,22H,3,5,8,10-11H2,(H,20,21)(H,23,24);1H3. The highest BCUT2D eigenvalue weighted by atomic mass is 16.5. The van der Waals surface area contributed by atoms with Crippen molar-refractivity contribution in [2.45, 2.75) is 19.3 Å². The van der Waals surface area contributed by atoms with Gasteiger partial charge in [-0.05, 0) is 48.7 Å². The largest absolute Gasteiger partial charge is 0.494 e. The van der Waals surface area contributed by atoms with Crippen LogP contribution in [0.1, 0.15) is 18.4 Å². The molecule has 0 bridgehead atoms. The van der Waals surface area contributed by atoms with E-state index in [-0.39, 0.29) is 12.6 Å². The minimum atomic E-state index is -0.790. The van der Waals surface area contributed by atoms with Gasteiger partial charge in [-0.15, -0.1) is 0 Å². The Hall–Kier alpha value is -3.06. The monoisotopic (exact) mass is 356 g/mol. The fourth-order valence-electron chi connectivity index (χ4n) is 2.64. The van der Waals surface area contributed by atoms with Gasteiger partial charge in [0.25, 0.3) is 0 Å². The molecule has 0 aliphatic carbocycles. The SMILES string of the molecule is N.O=C(O)CCc1c[nH]c2ccc(OCCCNc3ccccn3)cc12. The van der Waals surface area contributed by atoms with Crippen LogP contribution in [0.25, 0.3) is 10.9 Å². The number of aryl methyl sites for hydroxylation is 1. The number of carboxylic acids is 1. The molecule has 0 saturated carbocycles. The number of hydrogen-bond donors (Lipinski definition) is 4. The van der Waals surface area contributed by atoms with Gasteiger partial charge in [0.15, 0.2) is 0 Å². The molecule has 0 radical (unpaired) electrons. The summed E-state index contributed by atoms with van der Waals surface area (Å²) in [4.78, 5) is 18.1. The number of carboxylic acid groups (broad SMARTS) is 1. The van der Waals surface area contributed by atoms with Crippen molar-refractivity contribution < 1.29 is 14.6 Å². The Morgan fingerprint density at radius 2 is 2.15 bits per heavy atom. The smallest absolute Gasteiger partial charge is 0.303 e. The van der Waals surface area contributed by atoms with Gasteiger partial charge in [0.05, 0.1) is 6.61 Å². The van der Waals surface area contributed by atoms with Crippen molar-refractivity contribution in [2.24, 2.45) is 0 Å². The lowest BCUT2D eigenvalue weighted by Gasteiger charge is -2.08. The maximum absolute atomic E-state index is 10.8. The number of H-pyrrole nitrogens is 1. The first kappa shape index (κ1) is 19.3. The summed E-state index contributed by atoms with van der Waals surface area (Å²) in [5.74, 6) is 0.864. The molecular formula is C19H24N4O3. The van der Waals surface area contributed by atoms with Crippen LogP contribution in [-0.4, -0.2) is 34.2 Å². The van der Waals surface area contributed by atoms with Crippen molar-refractivity contribution in [3.8, 4) is 5.75 Å². The second kappa shape index (κ2) is 9.43. The summed E-state index contributed by atoms with van der Waals surface area (Å²) in [5.41, 5.74) is 1.99. The molecule has 3 rings (SSSR count). The molecule has 7 heteroatoms. The molecule has 0 spiro atoms. The van der Waals surface area contributed by atoms with Crippen LogP contribution in [0.4, 0.5) is 5.82 Å². The lowest BCUT2D eigenvalue weighted by atomic mass is 10.1. The fourth-order valence-corrected chi connectivity index (χ4v) is 2.64. The predicted octanol–water partition coefficient (Wildman–Crippen LogP) is 3.62. The van der Waals surface area contributed by atoms with Gasteiger partial charge in [0, 0.05) is 36.3 Å². The van der Waals surface area contributed by atoms with E-state index in [1.807, 2.05) is 42.6 Å². The molecule has 3 aromatic rings. The van der Waals surface area contributed by atoms with Crippen molar-refractivity contribution in [3.05, 3.63) is 54.4 Å². The Kier molecular flexibility index (Phi) is 6.99. The summed E-state index contributed by atoms with van der Waals surface area (Å²) in [7, 11) is 0. The second-order valence-electron chi connectivity index (χ2n) is 5.76. The average molecular weight is 356 g/mol. The van der Waals surface area contributed by atoms with Crippen LogP contribution in [0.2, 0.25) is 0 Å². The van der Waals surface area contributed by atoms with E-state index in [4.69, 9.17) is 9.84 Å². The zero-order chi connectivity index (χ0) is 17.5. The molecule has 6 N–H and O–H groups in total. The van der Waals surface area contributed by atoms with E-state index in [1.165, 1.54) is 0 Å². The summed E-state index contributed by atoms with van der Waals surface area (Å²) in [6.07, 6.45) is 5.11. The summed E-state index contributed by atoms with van der Waals surface area (Å²) in [6.45, 7) is 1.38. The number of carbonyl (C=O) groups is 1. The molecule has 2 aromatic heterocycles. The van der Waals surface area contributed by atoms with Crippen LogP contribution in [0, 0.1) is 0 Å². The van der Waals surface area contributed by atoms with Gasteiger partial charge in [-0.1, -0.05) is 6.07 Å². The van der Waals surface area contributed by atoms with Gasteiger partial charge in [0.1, 0.15) is 11.6 Å². The van der Waals surface area contributed by atoms with Crippen molar-refractivity contribution in [1.29, 1.82) is 0 Å². The van der Waals surface area contributed by atoms with E-state index in [9.17, 15) is 4.79 Å². The molecule has 0 atom stereocenters. The summed E-state index contributed by atoms with van der Waals surface area (Å²) in [6, 6.07) is 11.6. The predicted molar refractivity (Wildman–Crippen MR) is 102 cm³/mol. The Morgan fingerprint density at radius 3 is 2.92 bits per heavy atom. The number of aromatic nitrogens is 2. The number of anilines is 1. The lowest BCUT2D eigenvalue weighted by Crippen LogP contribution is -2.08. The number of ether oxygens (including phenoxy) is 1. The van der Waals surface area contributed by atoms with Crippen molar-refractivity contribution >= 4 is 22.7 Å². The summed E-state index contributed by atoms with van der Waals surface area (Å²) >= 11 is 0. The van der Waals surface area contributed by atoms with Crippen LogP contribution in [0.3, 0.4) is 0 Å². The summed E-state index contributed by atoms with van der Waals surface area (Å²) < 4.78 is 5.81. The zero-order valence-corrected chi connectivity index (χ0v) is 14.6. The van der Waals surface area contributed by atoms with Crippen LogP contribution in [-0.2, 0) is 11.2 Å². The highest BCUT2D eigenvalue weighted by Gasteiger charge is 2.07. The highest BCUT2D eigenvalue weighted by molar-refractivity contribution is 5.85. The number of fused-ring (bicyclic) bond motifs is 1. The number of aliphatic carboxylic acids is 1. The van der Waals surface area contributed by atoms with Gasteiger partial charge in [-0.2, -0.15) is 0 Å². The quantitative estimate of drug-likeness (QED) is 0.434. The van der Waals surface area contributed by atoms with E-state index in [2.05, 4.69) is 15.3 Å². The van der Waals surface area contributed by atoms with E-state index >= 15 is 0 Å². The Labute approximate surface area is 152 Å². The fraction of sp³-hybridized carbons (Fsp3) is 0.263. The van der Waals surface area contributed by atoms with Crippen LogP contribution in [0.15, 0.2) is 48.8 Å². The third-order valence-corrected chi connectivity index (χ3v) is 3.91. The molecular weight excluding hydrogens is 332 g/mol. The van der Waals surface area contributed by atoms with Gasteiger partial charge in [0.2, 0.25) is 0 Å². The van der Waals surface area contributed by atoms with Gasteiger partial charge < -0.3 is 26.3 Å². The van der Waals surface area contributed by atoms with Crippen molar-refractivity contribution in [3.63, 3.8) is 0 Å². The molecule has 7 nitrogen and oxygen atoms in total. The number of pyridine rings is 1. The van der Waals surface area contributed by atoms with Crippen LogP contribution < -0.4 is 16.2 Å². The first-order valence-electron chi connectivity index (χ1n) is 8.32. The van der Waals surface area contributed by atoms with Crippen molar-refractivity contribution in [2.75, 3.05) is 18.5 Å². The zero-order valence-electron chi connectivity index (χ0n) is 14.6. The highest BCUT2D eigenvalue weighted by Crippen LogP contribution is 2.24. The average Bonchev–Trinajstić information content (AvgIpc) is 3.03. The van der Waals surface area contributed by atoms with Gasteiger partial charge in [-0.25, -0.2) is 4.98 Å². The molecule has 1 aromatic carbocycles. The Balaban J connectivity index is 0.00000243. The third kappa shape index (κ3) is 5.22. The van der Waals surface area contributed by atoms with Crippen LogP contribution in [0.5, 0.6) is 5.75 Å². The first-order valence-corrected chi connectivity index (χ1v) is 8.32. The second-order valence-corrected chi connectivity index (χ2v) is 5.76. The number of hydrogen-bond acceptors (Lipinski definition) is 5. The Morgan fingerprint density at radius 1 is 1.27 bits per heavy atom. The number of nitrogens with zero attached hydrogens (tertiary/aromatic N) is 1. The first-order chi connectivity index (χ1) is 12.2. The minimum Gasteiger partial charge on any atom is -0.494 e. The third-order valence-electron chi connectivity index (χ3n) is 3.91. The number of aromatic amines is 1. The van der Waals surface area contributed by atoms with E-state index in [0.717, 1.165) is 41.0 Å². The van der Waals surface area contributed by atoms with E-state index < -0.39 is 5.97 Å². The topological polar surface area (TPSA) is 122 Å². The molecule has 0 amide bonds. The van der Waals surface area contributed by atoms with E-state index in [1.54, 1.807) is 6.20 Å². The van der Waals surface area contributed by atoms with E-state index in [0.29, 0.717) is 13.0 Å². The molecule has 2 heterocycles. The molecule has 138 valence electrons. The normalized spacial score (nSPS) is 10.3. The number of nitrogens with one attached hydrogen (secondary N) is 2. The molecule has 26 heavy (non-hydrogen) atoms. The van der Waals surface area contributed by atoms with Crippen molar-refractivity contribution in [1.82, 2.24) is 16.1 Å². The Bertz CT molecular complexity index is 833. The molecule has 0 unspecified atom stereocenters. The minimum absolute atomic E-state index is 0. The number of benzene rings is 1. The van der Waals surface area contributed by atoms with Crippen LogP contribution >= 0.6 is 0 Å². The van der Waals surface area contributed by atoms with Gasteiger partial charge >= 0.3 is 5.97 Å². The summed E-state index contributed by atoms with van der Waals surface area (Å²) in [5, 5.41) is 13.1.